The molecular formula is C15H11Br2NO2. The summed E-state index contributed by atoms with van der Waals surface area (Å²) < 4.78 is 1.96. The number of rotatable bonds is 3. The summed E-state index contributed by atoms with van der Waals surface area (Å²) in [6, 6.07) is 10.6. The highest BCUT2D eigenvalue weighted by Crippen LogP contribution is 2.29. The van der Waals surface area contributed by atoms with Crippen LogP contribution in [0, 0.1) is 17.0 Å². The Hall–Kier alpha value is -1.46. The minimum absolute atomic E-state index is 0.0918. The average molecular weight is 397 g/mol. The van der Waals surface area contributed by atoms with Gasteiger partial charge in [0.05, 0.1) is 4.92 Å². The van der Waals surface area contributed by atoms with Gasteiger partial charge in [0.2, 0.25) is 0 Å². The average Bonchev–Trinajstić information content (AvgIpc) is 2.37. The summed E-state index contributed by atoms with van der Waals surface area (Å²) in [6.45, 7) is 2.02. The molecule has 0 fully saturated rings. The van der Waals surface area contributed by atoms with Gasteiger partial charge < -0.3 is 0 Å². The van der Waals surface area contributed by atoms with Crippen LogP contribution in [0.5, 0.6) is 0 Å². The Morgan fingerprint density at radius 1 is 1.10 bits per heavy atom. The third-order valence-electron chi connectivity index (χ3n) is 2.75. The van der Waals surface area contributed by atoms with Gasteiger partial charge in [0.1, 0.15) is 0 Å². The predicted molar refractivity (Wildman–Crippen MR) is 88.6 cm³/mol. The second kappa shape index (κ2) is 6.33. The summed E-state index contributed by atoms with van der Waals surface area (Å²) in [4.78, 5) is 10.3. The number of nitrogens with zero attached hydrogens (tertiary/aromatic N) is 1. The molecule has 0 aromatic heterocycles. The Kier molecular flexibility index (Phi) is 4.73. The van der Waals surface area contributed by atoms with Crippen LogP contribution in [-0.2, 0) is 0 Å². The molecule has 0 aliphatic heterocycles. The molecular weight excluding hydrogens is 386 g/mol. The molecule has 0 N–H and O–H groups in total. The molecule has 0 atom stereocenters. The summed E-state index contributed by atoms with van der Waals surface area (Å²) in [5.74, 6) is 0. The Morgan fingerprint density at radius 3 is 2.35 bits per heavy atom. The van der Waals surface area contributed by atoms with Gasteiger partial charge in [-0.2, -0.15) is 0 Å². The zero-order chi connectivity index (χ0) is 14.7. The summed E-state index contributed by atoms with van der Waals surface area (Å²) in [7, 11) is 0. The Bertz CT molecular complexity index is 673. The number of nitro benzene ring substituents is 1. The first-order chi connectivity index (χ1) is 9.47. The van der Waals surface area contributed by atoms with Crippen molar-refractivity contribution in [3.05, 3.63) is 72.1 Å². The van der Waals surface area contributed by atoms with Gasteiger partial charge >= 0.3 is 0 Å². The SMILES string of the molecule is Cc1cc(Br)c(/C=C/c2cccc([N+](=O)[O-])c2)c(Br)c1. The van der Waals surface area contributed by atoms with Crippen molar-refractivity contribution in [2.45, 2.75) is 6.92 Å². The van der Waals surface area contributed by atoms with Crippen molar-refractivity contribution < 1.29 is 4.92 Å². The number of nitro groups is 1. The normalized spacial score (nSPS) is 10.9. The molecule has 2 aromatic carbocycles. The van der Waals surface area contributed by atoms with Crippen molar-refractivity contribution in [3.8, 4) is 0 Å². The maximum atomic E-state index is 10.7. The lowest BCUT2D eigenvalue weighted by molar-refractivity contribution is -0.384. The van der Waals surface area contributed by atoms with Crippen LogP contribution in [0.3, 0.4) is 0 Å². The minimum Gasteiger partial charge on any atom is -0.258 e. The van der Waals surface area contributed by atoms with E-state index in [4.69, 9.17) is 0 Å². The van der Waals surface area contributed by atoms with E-state index in [0.29, 0.717) is 0 Å². The largest absolute Gasteiger partial charge is 0.270 e. The molecule has 0 aliphatic rings. The topological polar surface area (TPSA) is 43.1 Å². The number of hydrogen-bond donors (Lipinski definition) is 0. The second-order valence-corrected chi connectivity index (χ2v) is 6.04. The number of aryl methyl sites for hydroxylation is 1. The van der Waals surface area contributed by atoms with Gasteiger partial charge in [-0.3, -0.25) is 10.1 Å². The summed E-state index contributed by atoms with van der Waals surface area (Å²) in [5, 5.41) is 10.7. The highest BCUT2D eigenvalue weighted by atomic mass is 79.9. The molecule has 2 rings (SSSR count). The number of non-ortho nitro benzene ring substituents is 1. The van der Waals surface area contributed by atoms with Crippen LogP contribution in [0.1, 0.15) is 16.7 Å². The number of halogens is 2. The third kappa shape index (κ3) is 3.55. The minimum atomic E-state index is -0.394. The maximum Gasteiger partial charge on any atom is 0.270 e. The summed E-state index contributed by atoms with van der Waals surface area (Å²) >= 11 is 7.04. The van der Waals surface area contributed by atoms with E-state index >= 15 is 0 Å². The fraction of sp³-hybridized carbons (Fsp3) is 0.0667. The van der Waals surface area contributed by atoms with Gasteiger partial charge in [0, 0.05) is 26.6 Å². The highest BCUT2D eigenvalue weighted by Gasteiger charge is 2.05. The first-order valence-corrected chi connectivity index (χ1v) is 7.44. The van der Waals surface area contributed by atoms with Gasteiger partial charge in [-0.25, -0.2) is 0 Å². The number of hydrogen-bond acceptors (Lipinski definition) is 2. The molecule has 0 saturated heterocycles. The molecule has 2 aromatic rings. The van der Waals surface area contributed by atoms with Crippen LogP contribution in [0.4, 0.5) is 5.69 Å². The van der Waals surface area contributed by atoms with Crippen molar-refractivity contribution in [1.82, 2.24) is 0 Å². The molecule has 0 heterocycles. The standard InChI is InChI=1S/C15H11Br2NO2/c1-10-7-14(16)13(15(17)8-10)6-5-11-3-2-4-12(9-11)18(19)20/h2-9H,1H3/b6-5+. The lowest BCUT2D eigenvalue weighted by atomic mass is 10.1. The van der Waals surface area contributed by atoms with E-state index in [9.17, 15) is 10.1 Å². The van der Waals surface area contributed by atoms with Gasteiger partial charge in [-0.05, 0) is 30.2 Å². The van der Waals surface area contributed by atoms with E-state index in [1.54, 1.807) is 12.1 Å². The molecule has 20 heavy (non-hydrogen) atoms. The molecule has 0 saturated carbocycles. The van der Waals surface area contributed by atoms with Crippen molar-refractivity contribution in [2.24, 2.45) is 0 Å². The molecule has 0 unspecified atom stereocenters. The maximum absolute atomic E-state index is 10.7. The lowest BCUT2D eigenvalue weighted by Crippen LogP contribution is -1.87. The van der Waals surface area contributed by atoms with Crippen molar-refractivity contribution in [1.29, 1.82) is 0 Å². The van der Waals surface area contributed by atoms with E-state index in [1.165, 1.54) is 6.07 Å². The quantitative estimate of drug-likeness (QED) is 0.385. The van der Waals surface area contributed by atoms with Crippen LogP contribution in [0.2, 0.25) is 0 Å². The van der Waals surface area contributed by atoms with Crippen LogP contribution >= 0.6 is 31.9 Å². The van der Waals surface area contributed by atoms with Crippen molar-refractivity contribution >= 4 is 49.7 Å². The first-order valence-electron chi connectivity index (χ1n) is 5.85. The zero-order valence-corrected chi connectivity index (χ0v) is 13.8. The Labute approximate surface area is 133 Å². The first kappa shape index (κ1) is 14.9. The second-order valence-electron chi connectivity index (χ2n) is 4.33. The fourth-order valence-corrected chi connectivity index (χ4v) is 3.47. The molecule has 102 valence electrons. The predicted octanol–water partition coefficient (Wildman–Crippen LogP) is 5.60. The molecule has 0 spiro atoms. The highest BCUT2D eigenvalue weighted by molar-refractivity contribution is 9.11. The fourth-order valence-electron chi connectivity index (χ4n) is 1.79. The van der Waals surface area contributed by atoms with Crippen LogP contribution in [0.15, 0.2) is 45.3 Å². The molecule has 3 nitrogen and oxygen atoms in total. The molecule has 0 radical (unpaired) electrons. The van der Waals surface area contributed by atoms with Gasteiger partial charge in [0.25, 0.3) is 5.69 Å². The summed E-state index contributed by atoms with van der Waals surface area (Å²) in [6.07, 6.45) is 3.78. The molecule has 0 aliphatic carbocycles. The summed E-state index contributed by atoms with van der Waals surface area (Å²) in [5.41, 5.74) is 3.03. The molecule has 0 bridgehead atoms. The smallest absolute Gasteiger partial charge is 0.258 e. The van der Waals surface area contributed by atoms with Gasteiger partial charge in [0.15, 0.2) is 0 Å². The van der Waals surface area contributed by atoms with E-state index in [2.05, 4.69) is 31.9 Å². The van der Waals surface area contributed by atoms with E-state index in [1.807, 2.05) is 37.3 Å². The van der Waals surface area contributed by atoms with E-state index < -0.39 is 4.92 Å². The zero-order valence-electron chi connectivity index (χ0n) is 10.6. The van der Waals surface area contributed by atoms with E-state index in [0.717, 1.165) is 25.6 Å². The monoisotopic (exact) mass is 395 g/mol. The van der Waals surface area contributed by atoms with Gasteiger partial charge in [-0.15, -0.1) is 0 Å². The van der Waals surface area contributed by atoms with Gasteiger partial charge in [-0.1, -0.05) is 56.1 Å². The Morgan fingerprint density at radius 2 is 1.75 bits per heavy atom. The Balaban J connectivity index is 2.35. The number of benzene rings is 2. The lowest BCUT2D eigenvalue weighted by Gasteiger charge is -2.04. The van der Waals surface area contributed by atoms with Crippen LogP contribution in [0.25, 0.3) is 12.2 Å². The molecule has 0 amide bonds. The van der Waals surface area contributed by atoms with Crippen molar-refractivity contribution in [3.63, 3.8) is 0 Å². The van der Waals surface area contributed by atoms with Crippen molar-refractivity contribution in [2.75, 3.05) is 0 Å². The van der Waals surface area contributed by atoms with Crippen LogP contribution < -0.4 is 0 Å². The van der Waals surface area contributed by atoms with Crippen LogP contribution in [-0.4, -0.2) is 4.92 Å². The van der Waals surface area contributed by atoms with E-state index in [-0.39, 0.29) is 5.69 Å². The molecule has 5 heteroatoms. The third-order valence-corrected chi connectivity index (χ3v) is 4.06.